The average molecular weight is 251 g/mol. The Hall–Kier alpha value is -1.55. The molecule has 0 aliphatic carbocycles. The van der Waals surface area contributed by atoms with Gasteiger partial charge < -0.3 is 15.2 Å². The van der Waals surface area contributed by atoms with Crippen LogP contribution in [-0.4, -0.2) is 24.2 Å². The zero-order valence-corrected chi connectivity index (χ0v) is 11.0. The van der Waals surface area contributed by atoms with Crippen LogP contribution in [0.15, 0.2) is 24.3 Å². The molecule has 2 N–H and O–H groups in total. The van der Waals surface area contributed by atoms with Gasteiger partial charge in [-0.15, -0.1) is 0 Å². The minimum absolute atomic E-state index is 0.00692. The lowest BCUT2D eigenvalue weighted by Crippen LogP contribution is -2.30. The van der Waals surface area contributed by atoms with Crippen molar-refractivity contribution >= 4 is 5.91 Å². The Morgan fingerprint density at radius 3 is 2.89 bits per heavy atom. The monoisotopic (exact) mass is 251 g/mol. The molecule has 0 radical (unpaired) electrons. The molecule has 1 aromatic rings. The van der Waals surface area contributed by atoms with Crippen LogP contribution < -0.4 is 10.1 Å². The van der Waals surface area contributed by atoms with Crippen molar-refractivity contribution in [3.05, 3.63) is 29.8 Å². The summed E-state index contributed by atoms with van der Waals surface area (Å²) < 4.78 is 5.34. The van der Waals surface area contributed by atoms with E-state index in [0.717, 1.165) is 12.0 Å². The highest BCUT2D eigenvalue weighted by molar-refractivity contribution is 5.77. The third kappa shape index (κ3) is 5.68. The highest BCUT2D eigenvalue weighted by atomic mass is 16.5. The van der Waals surface area contributed by atoms with Gasteiger partial charge in [-0.1, -0.05) is 26.0 Å². The SMILES string of the molecule is CC(C)CCNC(=O)COc1cccc(CO)c1. The fourth-order valence-electron chi connectivity index (χ4n) is 1.43. The fraction of sp³-hybridized carbons (Fsp3) is 0.500. The molecule has 0 fully saturated rings. The summed E-state index contributed by atoms with van der Waals surface area (Å²) in [5.41, 5.74) is 0.771. The zero-order chi connectivity index (χ0) is 13.4. The highest BCUT2D eigenvalue weighted by Gasteiger charge is 2.03. The molecule has 0 aliphatic rings. The maximum atomic E-state index is 11.5. The van der Waals surface area contributed by atoms with Crippen LogP contribution in [0.2, 0.25) is 0 Å². The number of aliphatic hydroxyl groups excluding tert-OH is 1. The quantitative estimate of drug-likeness (QED) is 0.775. The largest absolute Gasteiger partial charge is 0.484 e. The Bertz CT molecular complexity index is 377. The number of carbonyl (C=O) groups is 1. The first kappa shape index (κ1) is 14.5. The van der Waals surface area contributed by atoms with Crippen LogP contribution in [0.4, 0.5) is 0 Å². The molecular formula is C14H21NO3. The van der Waals surface area contributed by atoms with Gasteiger partial charge in [0.25, 0.3) is 5.91 Å². The minimum atomic E-state index is -0.120. The van der Waals surface area contributed by atoms with Crippen molar-refractivity contribution in [3.8, 4) is 5.75 Å². The number of nitrogens with one attached hydrogen (secondary N) is 1. The Kier molecular flexibility index (Phi) is 6.22. The number of benzene rings is 1. The van der Waals surface area contributed by atoms with E-state index in [1.165, 1.54) is 0 Å². The van der Waals surface area contributed by atoms with E-state index in [0.29, 0.717) is 18.2 Å². The number of hydrogen-bond donors (Lipinski definition) is 2. The summed E-state index contributed by atoms with van der Waals surface area (Å²) in [7, 11) is 0. The van der Waals surface area contributed by atoms with E-state index in [-0.39, 0.29) is 19.1 Å². The summed E-state index contributed by atoms with van der Waals surface area (Å²) >= 11 is 0. The zero-order valence-electron chi connectivity index (χ0n) is 11.0. The second kappa shape index (κ2) is 7.71. The molecular weight excluding hydrogens is 230 g/mol. The van der Waals surface area contributed by atoms with E-state index in [1.54, 1.807) is 24.3 Å². The topological polar surface area (TPSA) is 58.6 Å². The van der Waals surface area contributed by atoms with Crippen LogP contribution in [-0.2, 0) is 11.4 Å². The fourth-order valence-corrected chi connectivity index (χ4v) is 1.43. The molecule has 1 amide bonds. The van der Waals surface area contributed by atoms with Gasteiger partial charge in [-0.3, -0.25) is 4.79 Å². The van der Waals surface area contributed by atoms with E-state index >= 15 is 0 Å². The molecule has 0 saturated heterocycles. The smallest absolute Gasteiger partial charge is 0.257 e. The lowest BCUT2D eigenvalue weighted by Gasteiger charge is -2.09. The summed E-state index contributed by atoms with van der Waals surface area (Å²) in [6.07, 6.45) is 0.964. The molecule has 4 heteroatoms. The van der Waals surface area contributed by atoms with Crippen molar-refractivity contribution in [1.29, 1.82) is 0 Å². The molecule has 0 heterocycles. The number of amides is 1. The maximum absolute atomic E-state index is 11.5. The Balaban J connectivity index is 2.29. The van der Waals surface area contributed by atoms with Crippen molar-refractivity contribution in [3.63, 3.8) is 0 Å². The molecule has 0 unspecified atom stereocenters. The first-order valence-electron chi connectivity index (χ1n) is 6.21. The van der Waals surface area contributed by atoms with Gasteiger partial charge in [0.1, 0.15) is 5.75 Å². The predicted molar refractivity (Wildman–Crippen MR) is 70.3 cm³/mol. The molecule has 0 spiro atoms. The van der Waals surface area contributed by atoms with Crippen molar-refractivity contribution in [2.45, 2.75) is 26.9 Å². The summed E-state index contributed by atoms with van der Waals surface area (Å²) in [4.78, 5) is 11.5. The molecule has 0 atom stereocenters. The number of aliphatic hydroxyl groups is 1. The minimum Gasteiger partial charge on any atom is -0.484 e. The van der Waals surface area contributed by atoms with Crippen LogP contribution in [0.3, 0.4) is 0 Å². The highest BCUT2D eigenvalue weighted by Crippen LogP contribution is 2.12. The Morgan fingerprint density at radius 2 is 2.22 bits per heavy atom. The van der Waals surface area contributed by atoms with E-state index in [2.05, 4.69) is 19.2 Å². The van der Waals surface area contributed by atoms with Crippen molar-refractivity contribution in [1.82, 2.24) is 5.32 Å². The molecule has 0 aliphatic heterocycles. The summed E-state index contributed by atoms with van der Waals surface area (Å²) in [6, 6.07) is 7.08. The molecule has 0 bridgehead atoms. The van der Waals surface area contributed by atoms with Crippen molar-refractivity contribution in [2.75, 3.05) is 13.2 Å². The van der Waals surface area contributed by atoms with Gasteiger partial charge in [0.05, 0.1) is 6.61 Å². The summed E-state index contributed by atoms with van der Waals surface area (Å²) in [5, 5.41) is 11.8. The van der Waals surface area contributed by atoms with Crippen LogP contribution in [0.25, 0.3) is 0 Å². The summed E-state index contributed by atoms with van der Waals surface area (Å²) in [5.74, 6) is 1.05. The normalized spacial score (nSPS) is 10.4. The van der Waals surface area contributed by atoms with Crippen molar-refractivity contribution < 1.29 is 14.6 Å². The van der Waals surface area contributed by atoms with E-state index in [4.69, 9.17) is 9.84 Å². The van der Waals surface area contributed by atoms with Gasteiger partial charge in [-0.05, 0) is 30.0 Å². The summed E-state index contributed by atoms with van der Waals surface area (Å²) in [6.45, 7) is 4.88. The number of hydrogen-bond acceptors (Lipinski definition) is 3. The number of rotatable bonds is 7. The van der Waals surface area contributed by atoms with Gasteiger partial charge >= 0.3 is 0 Å². The van der Waals surface area contributed by atoms with Gasteiger partial charge in [-0.25, -0.2) is 0 Å². The van der Waals surface area contributed by atoms with E-state index < -0.39 is 0 Å². The van der Waals surface area contributed by atoms with Gasteiger partial charge in [-0.2, -0.15) is 0 Å². The number of carbonyl (C=O) groups excluding carboxylic acids is 1. The van der Waals surface area contributed by atoms with E-state index in [9.17, 15) is 4.79 Å². The molecule has 18 heavy (non-hydrogen) atoms. The van der Waals surface area contributed by atoms with Crippen molar-refractivity contribution in [2.24, 2.45) is 5.92 Å². The average Bonchev–Trinajstić information content (AvgIpc) is 2.36. The first-order valence-corrected chi connectivity index (χ1v) is 6.21. The Morgan fingerprint density at radius 1 is 1.44 bits per heavy atom. The molecule has 1 rings (SSSR count). The van der Waals surface area contributed by atoms with Crippen LogP contribution >= 0.6 is 0 Å². The van der Waals surface area contributed by atoms with Crippen LogP contribution in [0.5, 0.6) is 5.75 Å². The number of ether oxygens (including phenoxy) is 1. The lowest BCUT2D eigenvalue weighted by molar-refractivity contribution is -0.123. The van der Waals surface area contributed by atoms with Crippen LogP contribution in [0.1, 0.15) is 25.8 Å². The standard InChI is InChI=1S/C14H21NO3/c1-11(2)6-7-15-14(17)10-18-13-5-3-4-12(8-13)9-16/h3-5,8,11,16H,6-7,9-10H2,1-2H3,(H,15,17). The van der Waals surface area contributed by atoms with Gasteiger partial charge in [0, 0.05) is 6.54 Å². The molecule has 0 aromatic heterocycles. The maximum Gasteiger partial charge on any atom is 0.257 e. The van der Waals surface area contributed by atoms with Crippen LogP contribution in [0, 0.1) is 5.92 Å². The van der Waals surface area contributed by atoms with Gasteiger partial charge in [0.2, 0.25) is 0 Å². The van der Waals surface area contributed by atoms with E-state index in [1.807, 2.05) is 0 Å². The molecule has 1 aromatic carbocycles. The second-order valence-corrected chi connectivity index (χ2v) is 4.63. The Labute approximate surface area is 108 Å². The molecule has 0 saturated carbocycles. The first-order chi connectivity index (χ1) is 8.61. The molecule has 100 valence electrons. The molecule has 4 nitrogen and oxygen atoms in total. The third-order valence-electron chi connectivity index (χ3n) is 2.49. The second-order valence-electron chi connectivity index (χ2n) is 4.63. The van der Waals surface area contributed by atoms with Gasteiger partial charge in [0.15, 0.2) is 6.61 Å². The lowest BCUT2D eigenvalue weighted by atomic mass is 10.1. The third-order valence-corrected chi connectivity index (χ3v) is 2.49. The predicted octanol–water partition coefficient (Wildman–Crippen LogP) is 1.72.